The lowest BCUT2D eigenvalue weighted by Gasteiger charge is -2.17. The van der Waals surface area contributed by atoms with Crippen molar-refractivity contribution < 1.29 is 4.79 Å². The summed E-state index contributed by atoms with van der Waals surface area (Å²) in [7, 11) is 0. The average molecular weight is 337 g/mol. The molecular formula is C17H19N7O. The molecule has 2 heterocycles. The zero-order valence-corrected chi connectivity index (χ0v) is 14.3. The number of carbonyl (C=O) groups is 1. The van der Waals surface area contributed by atoms with Crippen LogP contribution in [-0.2, 0) is 5.41 Å². The Hall–Kier alpha value is -3.16. The third-order valence-electron chi connectivity index (χ3n) is 3.61. The van der Waals surface area contributed by atoms with Gasteiger partial charge in [-0.05, 0) is 5.56 Å². The molecule has 3 aromatic rings. The summed E-state index contributed by atoms with van der Waals surface area (Å²) < 4.78 is 0. The van der Waals surface area contributed by atoms with Gasteiger partial charge in [0.15, 0.2) is 0 Å². The molecule has 0 fully saturated rings. The minimum atomic E-state index is -0.519. The van der Waals surface area contributed by atoms with E-state index in [1.807, 2.05) is 51.1 Å². The molecule has 128 valence electrons. The monoisotopic (exact) mass is 337 g/mol. The number of hydrogen-bond donors (Lipinski definition) is 2. The number of aromatic nitrogens is 6. The normalized spacial score (nSPS) is 12.6. The number of H-pyrrole nitrogens is 1. The molecule has 0 spiro atoms. The maximum atomic E-state index is 12.6. The number of nitrogens with one attached hydrogen (secondary N) is 2. The number of rotatable bonds is 4. The van der Waals surface area contributed by atoms with Crippen LogP contribution in [0.5, 0.6) is 0 Å². The van der Waals surface area contributed by atoms with Gasteiger partial charge in [0.1, 0.15) is 11.9 Å². The van der Waals surface area contributed by atoms with Gasteiger partial charge in [-0.25, -0.2) is 9.97 Å². The van der Waals surface area contributed by atoms with Crippen LogP contribution in [-0.4, -0.2) is 36.5 Å². The molecule has 0 saturated heterocycles. The van der Waals surface area contributed by atoms with E-state index < -0.39 is 6.04 Å². The van der Waals surface area contributed by atoms with Crippen molar-refractivity contribution in [2.75, 3.05) is 0 Å². The first-order chi connectivity index (χ1) is 11.9. The zero-order valence-electron chi connectivity index (χ0n) is 14.3. The molecule has 8 heteroatoms. The zero-order chi connectivity index (χ0) is 17.9. The van der Waals surface area contributed by atoms with Crippen molar-refractivity contribution in [3.63, 3.8) is 0 Å². The van der Waals surface area contributed by atoms with E-state index in [9.17, 15) is 4.79 Å². The van der Waals surface area contributed by atoms with E-state index in [-0.39, 0.29) is 11.3 Å². The first kappa shape index (κ1) is 16.7. The Kier molecular flexibility index (Phi) is 4.51. The smallest absolute Gasteiger partial charge is 0.255 e. The predicted octanol–water partition coefficient (Wildman–Crippen LogP) is 1.81. The SMILES string of the molecule is CC(C)(C)c1ncc(C(=O)N[C@H](c2ccccc2)c2nn[nH]n2)cn1. The molecule has 1 amide bonds. The molecule has 0 saturated carbocycles. The van der Waals surface area contributed by atoms with E-state index in [0.29, 0.717) is 17.2 Å². The molecule has 1 atom stereocenters. The van der Waals surface area contributed by atoms with Gasteiger partial charge in [0, 0.05) is 17.8 Å². The number of hydrogen-bond acceptors (Lipinski definition) is 6. The van der Waals surface area contributed by atoms with E-state index in [1.54, 1.807) is 0 Å². The van der Waals surface area contributed by atoms with E-state index in [1.165, 1.54) is 12.4 Å². The Morgan fingerprint density at radius 2 is 1.80 bits per heavy atom. The van der Waals surface area contributed by atoms with Crippen molar-refractivity contribution in [2.45, 2.75) is 32.2 Å². The third-order valence-corrected chi connectivity index (χ3v) is 3.61. The summed E-state index contributed by atoms with van der Waals surface area (Å²) in [5.74, 6) is 0.757. The summed E-state index contributed by atoms with van der Waals surface area (Å²) in [4.78, 5) is 21.2. The number of tetrazole rings is 1. The largest absolute Gasteiger partial charge is 0.338 e. The summed E-state index contributed by atoms with van der Waals surface area (Å²) in [6.45, 7) is 6.05. The summed E-state index contributed by atoms with van der Waals surface area (Å²) in [5.41, 5.74) is 1.05. The first-order valence-electron chi connectivity index (χ1n) is 7.87. The third kappa shape index (κ3) is 3.85. The lowest BCUT2D eigenvalue weighted by atomic mass is 9.96. The number of nitrogens with zero attached hydrogens (tertiary/aromatic N) is 5. The van der Waals surface area contributed by atoms with Crippen LogP contribution in [0.4, 0.5) is 0 Å². The quantitative estimate of drug-likeness (QED) is 0.751. The maximum Gasteiger partial charge on any atom is 0.255 e. The Bertz CT molecular complexity index is 824. The summed E-state index contributed by atoms with van der Waals surface area (Å²) >= 11 is 0. The molecular weight excluding hydrogens is 318 g/mol. The van der Waals surface area contributed by atoms with Crippen molar-refractivity contribution >= 4 is 5.91 Å². The van der Waals surface area contributed by atoms with Gasteiger partial charge in [-0.15, -0.1) is 10.2 Å². The minimum Gasteiger partial charge on any atom is -0.338 e. The molecule has 0 unspecified atom stereocenters. The number of benzene rings is 1. The molecule has 0 aliphatic carbocycles. The first-order valence-corrected chi connectivity index (χ1v) is 7.87. The highest BCUT2D eigenvalue weighted by Gasteiger charge is 2.23. The minimum absolute atomic E-state index is 0.174. The standard InChI is InChI=1S/C17H19N7O/c1-17(2,3)16-18-9-12(10-19-16)15(25)20-13(14-21-23-24-22-14)11-7-5-4-6-8-11/h4-10,13H,1-3H3,(H,20,25)(H,21,22,23,24)/t13-/m1/s1. The van der Waals surface area contributed by atoms with Crippen LogP contribution in [0.1, 0.15) is 54.4 Å². The van der Waals surface area contributed by atoms with Crippen LogP contribution in [0.25, 0.3) is 0 Å². The van der Waals surface area contributed by atoms with E-state index in [0.717, 1.165) is 5.56 Å². The Morgan fingerprint density at radius 1 is 1.12 bits per heavy atom. The van der Waals surface area contributed by atoms with Crippen LogP contribution in [0.15, 0.2) is 42.7 Å². The molecule has 0 radical (unpaired) electrons. The second-order valence-corrected chi connectivity index (χ2v) is 6.63. The molecule has 0 bridgehead atoms. The molecule has 0 aliphatic heterocycles. The molecule has 2 N–H and O–H groups in total. The van der Waals surface area contributed by atoms with Crippen LogP contribution in [0, 0.1) is 0 Å². The van der Waals surface area contributed by atoms with Crippen LogP contribution in [0.2, 0.25) is 0 Å². The van der Waals surface area contributed by atoms with Crippen molar-refractivity contribution in [3.8, 4) is 0 Å². The summed E-state index contributed by atoms with van der Waals surface area (Å²) in [6, 6.07) is 8.93. The number of carbonyl (C=O) groups excluding carboxylic acids is 1. The summed E-state index contributed by atoms with van der Waals surface area (Å²) in [6.07, 6.45) is 3.06. The second-order valence-electron chi connectivity index (χ2n) is 6.63. The highest BCUT2D eigenvalue weighted by Crippen LogP contribution is 2.19. The van der Waals surface area contributed by atoms with Crippen molar-refractivity contribution in [1.82, 2.24) is 35.9 Å². The van der Waals surface area contributed by atoms with Gasteiger partial charge in [-0.3, -0.25) is 4.79 Å². The van der Waals surface area contributed by atoms with Crippen molar-refractivity contribution in [2.24, 2.45) is 0 Å². The molecule has 8 nitrogen and oxygen atoms in total. The van der Waals surface area contributed by atoms with Crippen molar-refractivity contribution in [3.05, 3.63) is 65.5 Å². The fourth-order valence-corrected chi connectivity index (χ4v) is 2.28. The lowest BCUT2D eigenvalue weighted by molar-refractivity contribution is 0.0940. The Morgan fingerprint density at radius 3 is 2.36 bits per heavy atom. The topological polar surface area (TPSA) is 109 Å². The van der Waals surface area contributed by atoms with Gasteiger partial charge in [0.05, 0.1) is 5.56 Å². The highest BCUT2D eigenvalue weighted by atomic mass is 16.1. The Balaban J connectivity index is 1.84. The lowest BCUT2D eigenvalue weighted by Crippen LogP contribution is -2.30. The van der Waals surface area contributed by atoms with Crippen molar-refractivity contribution in [1.29, 1.82) is 0 Å². The molecule has 1 aromatic carbocycles. The van der Waals surface area contributed by atoms with Gasteiger partial charge in [0.2, 0.25) is 5.82 Å². The van der Waals surface area contributed by atoms with Gasteiger partial charge in [-0.1, -0.05) is 56.3 Å². The molecule has 25 heavy (non-hydrogen) atoms. The van der Waals surface area contributed by atoms with Gasteiger partial charge in [0.25, 0.3) is 5.91 Å². The predicted molar refractivity (Wildman–Crippen MR) is 90.7 cm³/mol. The second kappa shape index (κ2) is 6.76. The van der Waals surface area contributed by atoms with E-state index in [4.69, 9.17) is 0 Å². The van der Waals surface area contributed by atoms with E-state index in [2.05, 4.69) is 35.9 Å². The van der Waals surface area contributed by atoms with E-state index >= 15 is 0 Å². The molecule has 3 rings (SSSR count). The average Bonchev–Trinajstić information content (AvgIpc) is 3.14. The summed E-state index contributed by atoms with van der Waals surface area (Å²) in [5, 5.41) is 16.9. The van der Waals surface area contributed by atoms with Gasteiger partial charge < -0.3 is 5.32 Å². The highest BCUT2D eigenvalue weighted by molar-refractivity contribution is 5.94. The fourth-order valence-electron chi connectivity index (χ4n) is 2.28. The maximum absolute atomic E-state index is 12.6. The molecule has 2 aromatic heterocycles. The van der Waals surface area contributed by atoms with Crippen LogP contribution < -0.4 is 5.32 Å². The van der Waals surface area contributed by atoms with Crippen LogP contribution in [0.3, 0.4) is 0 Å². The van der Waals surface area contributed by atoms with Gasteiger partial charge >= 0.3 is 0 Å². The molecule has 0 aliphatic rings. The fraction of sp³-hybridized carbons (Fsp3) is 0.294. The number of amides is 1. The number of aromatic amines is 1. The van der Waals surface area contributed by atoms with Gasteiger partial charge in [-0.2, -0.15) is 5.21 Å². The Labute approximate surface area is 145 Å². The van der Waals surface area contributed by atoms with Crippen LogP contribution >= 0.6 is 0 Å².